The zero-order chi connectivity index (χ0) is 17.5. The number of hydrogen-bond acceptors (Lipinski definition) is 6. The minimum atomic E-state index is -0.320. The SMILES string of the molecule is CCOC(=O)CC(C)=NNc1cc(-c2ccc(Cl)c(Cl)c2)ncn1. The van der Waals surface area contributed by atoms with Crippen molar-refractivity contribution >= 4 is 40.7 Å². The molecule has 126 valence electrons. The molecule has 6 nitrogen and oxygen atoms in total. The van der Waals surface area contributed by atoms with Crippen LogP contribution < -0.4 is 5.43 Å². The van der Waals surface area contributed by atoms with Crippen molar-refractivity contribution in [1.82, 2.24) is 9.97 Å². The zero-order valence-corrected chi connectivity index (χ0v) is 14.7. The Morgan fingerprint density at radius 2 is 2.04 bits per heavy atom. The molecule has 0 unspecified atom stereocenters. The number of halogens is 2. The van der Waals surface area contributed by atoms with Crippen LogP contribution in [0.5, 0.6) is 0 Å². The second-order valence-electron chi connectivity index (χ2n) is 4.86. The Hall–Kier alpha value is -2.18. The van der Waals surface area contributed by atoms with E-state index >= 15 is 0 Å². The average molecular weight is 367 g/mol. The lowest BCUT2D eigenvalue weighted by atomic mass is 10.1. The minimum absolute atomic E-state index is 0.117. The van der Waals surface area contributed by atoms with E-state index in [0.717, 1.165) is 5.56 Å². The molecule has 0 amide bonds. The van der Waals surface area contributed by atoms with Crippen LogP contribution >= 0.6 is 23.2 Å². The fourth-order valence-electron chi connectivity index (χ4n) is 1.84. The van der Waals surface area contributed by atoms with E-state index in [2.05, 4.69) is 20.5 Å². The third-order valence-electron chi connectivity index (χ3n) is 2.95. The summed E-state index contributed by atoms with van der Waals surface area (Å²) in [5.74, 6) is 0.175. The summed E-state index contributed by atoms with van der Waals surface area (Å²) in [6.07, 6.45) is 1.53. The van der Waals surface area contributed by atoms with Gasteiger partial charge in [-0.1, -0.05) is 29.3 Å². The van der Waals surface area contributed by atoms with E-state index in [0.29, 0.717) is 33.9 Å². The smallest absolute Gasteiger partial charge is 0.311 e. The van der Waals surface area contributed by atoms with Crippen LogP contribution in [0, 0.1) is 0 Å². The Labute approximate surface area is 149 Å². The van der Waals surface area contributed by atoms with Gasteiger partial charge in [0, 0.05) is 17.3 Å². The van der Waals surface area contributed by atoms with Crippen molar-refractivity contribution in [2.45, 2.75) is 20.3 Å². The number of ether oxygens (including phenoxy) is 1. The average Bonchev–Trinajstić information content (AvgIpc) is 2.56. The van der Waals surface area contributed by atoms with Gasteiger partial charge in [-0.2, -0.15) is 5.10 Å². The molecule has 0 radical (unpaired) electrons. The number of hydrogen-bond donors (Lipinski definition) is 1. The van der Waals surface area contributed by atoms with Crippen molar-refractivity contribution in [2.75, 3.05) is 12.0 Å². The van der Waals surface area contributed by atoms with Crippen molar-refractivity contribution in [3.63, 3.8) is 0 Å². The van der Waals surface area contributed by atoms with Gasteiger partial charge < -0.3 is 4.74 Å². The molecule has 0 aliphatic rings. The minimum Gasteiger partial charge on any atom is -0.466 e. The molecule has 0 atom stereocenters. The molecule has 0 saturated heterocycles. The summed E-state index contributed by atoms with van der Waals surface area (Å²) in [5, 5.41) is 5.04. The van der Waals surface area contributed by atoms with Crippen LogP contribution in [0.3, 0.4) is 0 Å². The van der Waals surface area contributed by atoms with E-state index in [1.807, 2.05) is 6.07 Å². The molecule has 2 rings (SSSR count). The molecule has 1 aromatic carbocycles. The molecule has 24 heavy (non-hydrogen) atoms. The monoisotopic (exact) mass is 366 g/mol. The van der Waals surface area contributed by atoms with E-state index in [9.17, 15) is 4.79 Å². The number of hydrazone groups is 1. The van der Waals surface area contributed by atoms with Gasteiger partial charge in [0.15, 0.2) is 0 Å². The van der Waals surface area contributed by atoms with Gasteiger partial charge >= 0.3 is 5.97 Å². The number of carbonyl (C=O) groups excluding carboxylic acids is 1. The molecule has 0 fully saturated rings. The summed E-state index contributed by atoms with van der Waals surface area (Å²) >= 11 is 11.9. The summed E-state index contributed by atoms with van der Waals surface area (Å²) < 4.78 is 4.87. The first kappa shape index (κ1) is 18.2. The molecule has 8 heteroatoms. The number of carbonyl (C=O) groups is 1. The summed E-state index contributed by atoms with van der Waals surface area (Å²) in [5.41, 5.74) is 4.86. The number of rotatable bonds is 6. The van der Waals surface area contributed by atoms with E-state index in [4.69, 9.17) is 27.9 Å². The van der Waals surface area contributed by atoms with E-state index in [1.165, 1.54) is 6.33 Å². The molecule has 0 bridgehead atoms. The number of nitrogens with one attached hydrogen (secondary N) is 1. The zero-order valence-electron chi connectivity index (χ0n) is 13.2. The van der Waals surface area contributed by atoms with Gasteiger partial charge in [-0.15, -0.1) is 0 Å². The number of nitrogens with zero attached hydrogens (tertiary/aromatic N) is 3. The maximum absolute atomic E-state index is 11.4. The molecular weight excluding hydrogens is 351 g/mol. The van der Waals surface area contributed by atoms with Crippen LogP contribution in [0.4, 0.5) is 5.82 Å². The lowest BCUT2D eigenvalue weighted by Crippen LogP contribution is -2.10. The molecule has 0 aliphatic heterocycles. The van der Waals surface area contributed by atoms with Crippen LogP contribution in [0.2, 0.25) is 10.0 Å². The number of esters is 1. The highest BCUT2D eigenvalue weighted by molar-refractivity contribution is 6.42. The summed E-state index contributed by atoms with van der Waals surface area (Å²) in [6, 6.07) is 6.97. The van der Waals surface area contributed by atoms with Crippen molar-refractivity contribution in [2.24, 2.45) is 5.10 Å². The Balaban J connectivity index is 2.10. The molecule has 1 aromatic heterocycles. The lowest BCUT2D eigenvalue weighted by Gasteiger charge is -2.06. The van der Waals surface area contributed by atoms with Crippen molar-refractivity contribution < 1.29 is 9.53 Å². The maximum Gasteiger partial charge on any atom is 0.311 e. The highest BCUT2D eigenvalue weighted by atomic mass is 35.5. The third kappa shape index (κ3) is 5.18. The second kappa shape index (κ2) is 8.61. The van der Waals surface area contributed by atoms with Crippen molar-refractivity contribution in [1.29, 1.82) is 0 Å². The Morgan fingerprint density at radius 1 is 1.25 bits per heavy atom. The number of anilines is 1. The number of benzene rings is 1. The van der Waals surface area contributed by atoms with Crippen molar-refractivity contribution in [3.05, 3.63) is 40.6 Å². The quantitative estimate of drug-likeness (QED) is 0.471. The van der Waals surface area contributed by atoms with Crippen molar-refractivity contribution in [3.8, 4) is 11.3 Å². The van der Waals surface area contributed by atoms with Crippen LogP contribution in [-0.4, -0.2) is 28.3 Å². The van der Waals surface area contributed by atoms with Gasteiger partial charge in [0.05, 0.1) is 28.8 Å². The van der Waals surface area contributed by atoms with Gasteiger partial charge in [-0.25, -0.2) is 9.97 Å². The maximum atomic E-state index is 11.4. The standard InChI is InChI=1S/C16H16Cl2N4O2/c1-3-24-16(23)6-10(2)21-22-15-8-14(19-9-20-15)11-4-5-12(17)13(18)7-11/h4-5,7-9H,3,6H2,1-2H3,(H,19,20,22). The first-order valence-corrected chi connectivity index (χ1v) is 7.97. The topological polar surface area (TPSA) is 76.5 Å². The van der Waals surface area contributed by atoms with Crippen LogP contribution in [0.25, 0.3) is 11.3 Å². The Morgan fingerprint density at radius 3 is 2.75 bits per heavy atom. The summed E-state index contributed by atoms with van der Waals surface area (Å²) in [6.45, 7) is 3.83. The van der Waals surface area contributed by atoms with Gasteiger partial charge in [0.25, 0.3) is 0 Å². The van der Waals surface area contributed by atoms with E-state index in [1.54, 1.807) is 32.0 Å². The summed E-state index contributed by atoms with van der Waals surface area (Å²) in [7, 11) is 0. The van der Waals surface area contributed by atoms with Gasteiger partial charge in [-0.05, 0) is 26.0 Å². The largest absolute Gasteiger partial charge is 0.466 e. The summed E-state index contributed by atoms with van der Waals surface area (Å²) in [4.78, 5) is 19.7. The molecule has 2 aromatic rings. The van der Waals surface area contributed by atoms with E-state index < -0.39 is 0 Å². The highest BCUT2D eigenvalue weighted by Crippen LogP contribution is 2.28. The normalized spacial score (nSPS) is 11.2. The molecule has 0 aliphatic carbocycles. The van der Waals surface area contributed by atoms with Crippen LogP contribution in [0.1, 0.15) is 20.3 Å². The van der Waals surface area contributed by atoms with Gasteiger partial charge in [-0.3, -0.25) is 10.2 Å². The van der Waals surface area contributed by atoms with Crippen LogP contribution in [-0.2, 0) is 9.53 Å². The molecule has 1 heterocycles. The fraction of sp³-hybridized carbons (Fsp3) is 0.250. The van der Waals surface area contributed by atoms with E-state index in [-0.39, 0.29) is 12.4 Å². The predicted molar refractivity (Wildman–Crippen MR) is 95.5 cm³/mol. The number of aromatic nitrogens is 2. The predicted octanol–water partition coefficient (Wildman–Crippen LogP) is 4.19. The van der Waals surface area contributed by atoms with Crippen LogP contribution in [0.15, 0.2) is 35.7 Å². The lowest BCUT2D eigenvalue weighted by molar-refractivity contribution is -0.141. The second-order valence-corrected chi connectivity index (χ2v) is 5.67. The molecule has 1 N–H and O–H groups in total. The highest BCUT2D eigenvalue weighted by Gasteiger charge is 2.06. The Bertz CT molecular complexity index is 765. The van der Waals surface area contributed by atoms with Gasteiger partial charge in [0.1, 0.15) is 12.1 Å². The fourth-order valence-corrected chi connectivity index (χ4v) is 2.14. The third-order valence-corrected chi connectivity index (χ3v) is 3.69. The Kier molecular flexibility index (Phi) is 6.52. The molecule has 0 saturated carbocycles. The first-order chi connectivity index (χ1) is 11.5. The first-order valence-electron chi connectivity index (χ1n) is 7.22. The van der Waals surface area contributed by atoms with Gasteiger partial charge in [0.2, 0.25) is 0 Å². The molecular formula is C16H16Cl2N4O2. The molecule has 0 spiro atoms.